The van der Waals surface area contributed by atoms with Gasteiger partial charge in [0, 0.05) is 40.4 Å². The lowest BCUT2D eigenvalue weighted by Crippen LogP contribution is -2.03. The van der Waals surface area contributed by atoms with Crippen LogP contribution in [-0.4, -0.2) is 19.9 Å². The molecule has 0 bridgehead atoms. The van der Waals surface area contributed by atoms with Gasteiger partial charge in [0.05, 0.1) is 17.4 Å². The van der Waals surface area contributed by atoms with E-state index < -0.39 is 0 Å². The van der Waals surface area contributed by atoms with Gasteiger partial charge in [-0.25, -0.2) is 9.97 Å². The van der Waals surface area contributed by atoms with E-state index in [1.165, 1.54) is 0 Å². The summed E-state index contributed by atoms with van der Waals surface area (Å²) in [7, 11) is 0. The Morgan fingerprint density at radius 1 is 0.829 bits per heavy atom. The Morgan fingerprint density at radius 2 is 1.63 bits per heavy atom. The molecule has 0 aliphatic heterocycles. The molecule has 0 saturated carbocycles. The summed E-state index contributed by atoms with van der Waals surface area (Å²) >= 11 is 0. The predicted octanol–water partition coefficient (Wildman–Crippen LogP) is 5.88. The zero-order chi connectivity index (χ0) is 24.2. The minimum Gasteiger partial charge on any atom is -0.368 e. The number of aryl methyl sites for hydroxylation is 1. The van der Waals surface area contributed by atoms with Crippen molar-refractivity contribution in [2.24, 2.45) is 0 Å². The van der Waals surface area contributed by atoms with E-state index in [-0.39, 0.29) is 5.95 Å². The van der Waals surface area contributed by atoms with E-state index in [0.29, 0.717) is 11.6 Å². The van der Waals surface area contributed by atoms with Crippen LogP contribution < -0.4 is 21.7 Å². The molecule has 2 aromatic carbocycles. The maximum atomic E-state index is 5.71. The number of aromatic nitrogens is 4. The lowest BCUT2D eigenvalue weighted by molar-refractivity contribution is 1.11. The van der Waals surface area contributed by atoms with Crippen LogP contribution in [0.1, 0.15) is 11.3 Å². The molecule has 172 valence electrons. The minimum absolute atomic E-state index is 0.220. The van der Waals surface area contributed by atoms with Crippen LogP contribution in [0.3, 0.4) is 0 Å². The number of pyridine rings is 2. The zero-order valence-corrected chi connectivity index (χ0v) is 19.2. The first-order chi connectivity index (χ1) is 17.0. The highest BCUT2D eigenvalue weighted by Crippen LogP contribution is 2.26. The topological polar surface area (TPSA) is 114 Å². The van der Waals surface area contributed by atoms with E-state index in [1.54, 1.807) is 6.20 Å². The van der Waals surface area contributed by atoms with E-state index in [4.69, 9.17) is 5.73 Å². The molecule has 8 heteroatoms. The first kappa shape index (κ1) is 21.8. The molecule has 0 unspecified atom stereocenters. The summed E-state index contributed by atoms with van der Waals surface area (Å²) in [5.74, 6) is 1.47. The van der Waals surface area contributed by atoms with Gasteiger partial charge in [0.2, 0.25) is 5.95 Å². The summed E-state index contributed by atoms with van der Waals surface area (Å²) in [6.07, 6.45) is 3.54. The van der Waals surface area contributed by atoms with Crippen molar-refractivity contribution in [2.75, 3.05) is 21.7 Å². The number of hydrogen-bond acceptors (Lipinski definition) is 8. The Morgan fingerprint density at radius 3 is 2.40 bits per heavy atom. The second-order valence-corrected chi connectivity index (χ2v) is 7.99. The number of hydrogen-bond donors (Lipinski definition) is 4. The number of nitrogens with one attached hydrogen (secondary N) is 3. The Hall–Kier alpha value is -4.98. The molecular formula is C27H24N8. The lowest BCUT2D eigenvalue weighted by Gasteiger charge is -2.13. The molecule has 0 radical (unpaired) electrons. The molecular weight excluding hydrogens is 436 g/mol. The second-order valence-electron chi connectivity index (χ2n) is 7.99. The number of nitrogen functional groups attached to an aromatic ring is 1. The van der Waals surface area contributed by atoms with Crippen LogP contribution in [0.4, 0.5) is 34.6 Å². The normalized spacial score (nSPS) is 10.7. The van der Waals surface area contributed by atoms with Crippen molar-refractivity contribution in [2.45, 2.75) is 6.92 Å². The van der Waals surface area contributed by atoms with E-state index in [0.717, 1.165) is 44.9 Å². The molecule has 3 heterocycles. The van der Waals surface area contributed by atoms with Crippen LogP contribution in [-0.2, 0) is 0 Å². The molecule has 5 rings (SSSR count). The second kappa shape index (κ2) is 9.48. The van der Waals surface area contributed by atoms with Crippen LogP contribution >= 0.6 is 0 Å². The van der Waals surface area contributed by atoms with Crippen molar-refractivity contribution in [3.8, 4) is 0 Å². The highest BCUT2D eigenvalue weighted by atomic mass is 15.1. The average molecular weight is 461 g/mol. The summed E-state index contributed by atoms with van der Waals surface area (Å²) in [6, 6.07) is 23.7. The summed E-state index contributed by atoms with van der Waals surface area (Å²) in [5.41, 5.74) is 12.0. The van der Waals surface area contributed by atoms with Gasteiger partial charge in [-0.05, 0) is 48.9 Å². The Kier molecular flexibility index (Phi) is 5.92. The number of para-hydroxylation sites is 1. The summed E-state index contributed by atoms with van der Waals surface area (Å²) in [6.45, 7) is 6.03. The SMILES string of the molecule is C=C(Nc1ccc(Nc2cc(C)nc(N)n2)nc1)c1ccc(Nc2ccnc3ccccc23)cc1. The molecule has 0 fully saturated rings. The zero-order valence-electron chi connectivity index (χ0n) is 19.2. The van der Waals surface area contributed by atoms with Gasteiger partial charge < -0.3 is 21.7 Å². The number of anilines is 6. The highest BCUT2D eigenvalue weighted by molar-refractivity contribution is 5.92. The Balaban J connectivity index is 1.23. The third-order valence-electron chi connectivity index (χ3n) is 5.35. The summed E-state index contributed by atoms with van der Waals surface area (Å²) in [4.78, 5) is 17.1. The molecule has 0 aliphatic carbocycles. The van der Waals surface area contributed by atoms with Crippen molar-refractivity contribution in [1.29, 1.82) is 0 Å². The molecule has 0 aliphatic rings. The van der Waals surface area contributed by atoms with E-state index >= 15 is 0 Å². The van der Waals surface area contributed by atoms with Gasteiger partial charge in [0.25, 0.3) is 0 Å². The first-order valence-electron chi connectivity index (χ1n) is 11.0. The maximum Gasteiger partial charge on any atom is 0.222 e. The van der Waals surface area contributed by atoms with Crippen LogP contribution in [0, 0.1) is 6.92 Å². The van der Waals surface area contributed by atoms with E-state index in [9.17, 15) is 0 Å². The fourth-order valence-electron chi connectivity index (χ4n) is 3.69. The quantitative estimate of drug-likeness (QED) is 0.238. The standard InChI is InChI=1S/C27H24N8/c1-17-15-26(35-27(28)31-17)34-25-12-11-21(16-30-25)32-18(2)19-7-9-20(10-8-19)33-24-13-14-29-23-6-4-3-5-22(23)24/h3-16,32H,2H2,1H3,(H,29,33)(H3,28,30,31,34,35). The number of nitrogens with two attached hydrogens (primary N) is 1. The first-order valence-corrected chi connectivity index (χ1v) is 11.0. The van der Waals surface area contributed by atoms with Crippen LogP contribution in [0.2, 0.25) is 0 Å². The molecule has 35 heavy (non-hydrogen) atoms. The molecule has 8 nitrogen and oxygen atoms in total. The van der Waals surface area contributed by atoms with Gasteiger partial charge in [0.15, 0.2) is 0 Å². The number of benzene rings is 2. The van der Waals surface area contributed by atoms with E-state index in [1.807, 2.05) is 79.9 Å². The number of fused-ring (bicyclic) bond motifs is 1. The third kappa shape index (κ3) is 5.17. The van der Waals surface area contributed by atoms with Crippen molar-refractivity contribution in [1.82, 2.24) is 19.9 Å². The number of rotatable bonds is 7. The van der Waals surface area contributed by atoms with Gasteiger partial charge in [-0.1, -0.05) is 36.9 Å². The third-order valence-corrected chi connectivity index (χ3v) is 5.35. The van der Waals surface area contributed by atoms with Crippen LogP contribution in [0.15, 0.2) is 91.8 Å². The van der Waals surface area contributed by atoms with Gasteiger partial charge >= 0.3 is 0 Å². The van der Waals surface area contributed by atoms with Crippen molar-refractivity contribution < 1.29 is 0 Å². The minimum atomic E-state index is 0.220. The summed E-state index contributed by atoms with van der Waals surface area (Å²) in [5, 5.41) is 11.0. The van der Waals surface area contributed by atoms with Gasteiger partial charge in [-0.15, -0.1) is 0 Å². The van der Waals surface area contributed by atoms with Gasteiger partial charge in [-0.3, -0.25) is 4.98 Å². The van der Waals surface area contributed by atoms with Gasteiger partial charge in [0.1, 0.15) is 11.6 Å². The van der Waals surface area contributed by atoms with Crippen molar-refractivity contribution in [3.05, 3.63) is 103 Å². The number of nitrogens with zero attached hydrogens (tertiary/aromatic N) is 4. The molecule has 5 N–H and O–H groups in total. The Bertz CT molecular complexity index is 1470. The van der Waals surface area contributed by atoms with E-state index in [2.05, 4.69) is 48.5 Å². The molecule has 0 atom stereocenters. The Labute approximate surface area is 203 Å². The molecule has 0 spiro atoms. The monoisotopic (exact) mass is 460 g/mol. The fourth-order valence-corrected chi connectivity index (χ4v) is 3.69. The fraction of sp³-hybridized carbons (Fsp3) is 0.0370. The average Bonchev–Trinajstić information content (AvgIpc) is 2.85. The maximum absolute atomic E-state index is 5.71. The summed E-state index contributed by atoms with van der Waals surface area (Å²) < 4.78 is 0. The smallest absolute Gasteiger partial charge is 0.222 e. The van der Waals surface area contributed by atoms with Crippen LogP contribution in [0.5, 0.6) is 0 Å². The van der Waals surface area contributed by atoms with Crippen LogP contribution in [0.25, 0.3) is 16.6 Å². The molecule has 3 aromatic heterocycles. The molecule has 0 saturated heterocycles. The van der Waals surface area contributed by atoms with Crippen molar-refractivity contribution >= 4 is 51.2 Å². The largest absolute Gasteiger partial charge is 0.368 e. The molecule has 5 aromatic rings. The van der Waals surface area contributed by atoms with Crippen molar-refractivity contribution in [3.63, 3.8) is 0 Å². The lowest BCUT2D eigenvalue weighted by atomic mass is 10.1. The predicted molar refractivity (Wildman–Crippen MR) is 143 cm³/mol. The van der Waals surface area contributed by atoms with Gasteiger partial charge in [-0.2, -0.15) is 4.98 Å². The molecule has 0 amide bonds. The highest BCUT2D eigenvalue weighted by Gasteiger charge is 2.05.